The molecule has 2 aromatic heterocycles. The van der Waals surface area contributed by atoms with Crippen LogP contribution >= 0.6 is 0 Å². The molecule has 3 fully saturated rings. The van der Waals surface area contributed by atoms with Crippen molar-refractivity contribution >= 4 is 45.8 Å². The number of hydrogen-bond donors (Lipinski definition) is 4. The molecule has 2 bridgehead atoms. The quantitative estimate of drug-likeness (QED) is 0.117. The third kappa shape index (κ3) is 7.02. The average molecular weight is 789 g/mol. The lowest BCUT2D eigenvalue weighted by Crippen LogP contribution is -2.56. The van der Waals surface area contributed by atoms with E-state index < -0.39 is 29.8 Å². The second-order valence-electron chi connectivity index (χ2n) is 16.8. The van der Waals surface area contributed by atoms with Crippen LogP contribution in [0.1, 0.15) is 77.5 Å². The zero-order valence-electron chi connectivity index (χ0n) is 33.9. The number of carbonyl (C=O) groups is 4. The van der Waals surface area contributed by atoms with E-state index in [0.717, 1.165) is 87.9 Å². The van der Waals surface area contributed by atoms with E-state index in [1.165, 1.54) is 14.2 Å². The molecule has 14 nitrogen and oxygen atoms in total. The van der Waals surface area contributed by atoms with Crippen molar-refractivity contribution in [2.24, 2.45) is 17.8 Å². The number of benzene rings is 3. The van der Waals surface area contributed by atoms with Crippen LogP contribution in [0.3, 0.4) is 0 Å². The van der Waals surface area contributed by atoms with Crippen LogP contribution in [0, 0.1) is 17.8 Å². The van der Waals surface area contributed by atoms with Crippen molar-refractivity contribution in [1.82, 2.24) is 40.4 Å². The standard InChI is InChI=1S/C44H52N8O6/c1-24(2)36(49-42(55)57-5)39(53)51-17-7-8-35(51)38-45-22-34(46-38)31-12-11-27-18-28(9-10-29(27)19-31)30-13-14-32-33(20-30)48-41(47-32)44-16-15-26(21-44)23-52(44)40(54)37(25(3)4)50-43(56)58-6/h9-14,18-20,22,24-26,35-37H,7-8,15-17,21,23H2,1-6H3,(H,45,46)(H,47,48)(H,49,55)(H,50,56). The number of rotatable bonds is 10. The van der Waals surface area contributed by atoms with E-state index in [1.54, 1.807) is 0 Å². The van der Waals surface area contributed by atoms with Crippen LogP contribution in [-0.4, -0.2) is 93.1 Å². The highest BCUT2D eigenvalue weighted by Gasteiger charge is 2.56. The number of aromatic amines is 2. The van der Waals surface area contributed by atoms with Crippen LogP contribution in [0.2, 0.25) is 0 Å². The number of fused-ring (bicyclic) bond motifs is 4. The molecule has 8 rings (SSSR count). The number of nitrogens with zero attached hydrogens (tertiary/aromatic N) is 4. The Balaban J connectivity index is 1.01. The monoisotopic (exact) mass is 788 g/mol. The van der Waals surface area contributed by atoms with Crippen molar-refractivity contribution in [3.8, 4) is 22.4 Å². The smallest absolute Gasteiger partial charge is 0.407 e. The van der Waals surface area contributed by atoms with Gasteiger partial charge in [-0.2, -0.15) is 0 Å². The summed E-state index contributed by atoms with van der Waals surface area (Å²) in [6.07, 6.45) is 4.90. The van der Waals surface area contributed by atoms with Crippen LogP contribution in [-0.2, 0) is 24.6 Å². The van der Waals surface area contributed by atoms with Crippen molar-refractivity contribution < 1.29 is 28.7 Å². The molecule has 5 atom stereocenters. The molecule has 1 aliphatic carbocycles. The molecule has 4 N–H and O–H groups in total. The third-order valence-electron chi connectivity index (χ3n) is 12.5. The Labute approximate surface area is 337 Å². The molecule has 58 heavy (non-hydrogen) atoms. The number of piperidine rings is 1. The predicted octanol–water partition coefficient (Wildman–Crippen LogP) is 7.04. The van der Waals surface area contributed by atoms with Gasteiger partial charge in [0.25, 0.3) is 0 Å². The SMILES string of the molecule is COC(=O)NC(C(=O)N1CCCC1c1ncc(-c2ccc3cc(-c4ccc5nc(C67CCC(CN6C(=O)C(NC(=O)OC)C(C)C)C7)[nH]c5c4)ccc3c2)[nH]1)C(C)C. The number of aromatic nitrogens is 4. The van der Waals surface area contributed by atoms with Crippen LogP contribution in [0.4, 0.5) is 9.59 Å². The Bertz CT molecular complexity index is 2390. The predicted molar refractivity (Wildman–Crippen MR) is 219 cm³/mol. The minimum atomic E-state index is -0.692. The van der Waals surface area contributed by atoms with Crippen LogP contribution in [0.5, 0.6) is 0 Å². The maximum Gasteiger partial charge on any atom is 0.407 e. The number of H-pyrrole nitrogens is 2. The summed E-state index contributed by atoms with van der Waals surface area (Å²) >= 11 is 0. The summed E-state index contributed by atoms with van der Waals surface area (Å²) in [6.45, 7) is 8.90. The molecule has 4 heterocycles. The first-order chi connectivity index (χ1) is 27.9. The molecule has 14 heteroatoms. The fourth-order valence-corrected chi connectivity index (χ4v) is 9.32. The molecule has 0 spiro atoms. The summed E-state index contributed by atoms with van der Waals surface area (Å²) in [5.41, 5.74) is 5.18. The molecule has 3 aromatic carbocycles. The Kier molecular flexibility index (Phi) is 10.4. The fraction of sp³-hybridized carbons (Fsp3) is 0.455. The summed E-state index contributed by atoms with van der Waals surface area (Å²) < 4.78 is 9.61. The van der Waals surface area contributed by atoms with Gasteiger partial charge in [-0.1, -0.05) is 58.0 Å². The van der Waals surface area contributed by atoms with Gasteiger partial charge in [-0.05, 0) is 96.0 Å². The molecular formula is C44H52N8O6. The van der Waals surface area contributed by atoms with Gasteiger partial charge in [0, 0.05) is 18.7 Å². The molecule has 2 aliphatic heterocycles. The fourth-order valence-electron chi connectivity index (χ4n) is 9.32. The van der Waals surface area contributed by atoms with E-state index in [2.05, 4.69) is 69.1 Å². The van der Waals surface area contributed by atoms with Crippen LogP contribution in [0.25, 0.3) is 44.2 Å². The molecule has 5 aromatic rings. The molecule has 304 valence electrons. The van der Waals surface area contributed by atoms with E-state index in [0.29, 0.717) is 19.0 Å². The lowest BCUT2D eigenvalue weighted by molar-refractivity contribution is -0.140. The van der Waals surface area contributed by atoms with Gasteiger partial charge < -0.3 is 39.9 Å². The summed E-state index contributed by atoms with van der Waals surface area (Å²) in [5.74, 6) is 1.45. The van der Waals surface area contributed by atoms with Gasteiger partial charge in [-0.3, -0.25) is 9.59 Å². The number of ether oxygens (including phenoxy) is 2. The van der Waals surface area contributed by atoms with E-state index in [-0.39, 0.29) is 29.7 Å². The Morgan fingerprint density at radius 1 is 0.810 bits per heavy atom. The highest BCUT2D eigenvalue weighted by molar-refractivity contribution is 5.92. The number of likely N-dealkylation sites (tertiary alicyclic amines) is 2. The van der Waals surface area contributed by atoms with Crippen molar-refractivity contribution in [2.45, 2.75) is 83.5 Å². The number of carbonyl (C=O) groups excluding carboxylic acids is 4. The molecule has 2 saturated heterocycles. The Hall–Kier alpha value is -5.92. The van der Waals surface area contributed by atoms with Gasteiger partial charge in [0.05, 0.1) is 43.2 Å². The van der Waals surface area contributed by atoms with Gasteiger partial charge in [-0.15, -0.1) is 0 Å². The molecule has 0 radical (unpaired) electrons. The lowest BCUT2D eigenvalue weighted by atomic mass is 9.93. The third-order valence-corrected chi connectivity index (χ3v) is 12.5. The molecule has 4 amide bonds. The first-order valence-corrected chi connectivity index (χ1v) is 20.3. The maximum absolute atomic E-state index is 14.0. The van der Waals surface area contributed by atoms with E-state index in [4.69, 9.17) is 19.4 Å². The second kappa shape index (κ2) is 15.4. The molecular weight excluding hydrogens is 737 g/mol. The highest BCUT2D eigenvalue weighted by atomic mass is 16.5. The Morgan fingerprint density at radius 3 is 2.12 bits per heavy atom. The second-order valence-corrected chi connectivity index (χ2v) is 16.8. The number of amides is 4. The lowest BCUT2D eigenvalue weighted by Gasteiger charge is -2.40. The summed E-state index contributed by atoms with van der Waals surface area (Å²) in [4.78, 5) is 72.4. The average Bonchev–Trinajstić information content (AvgIpc) is 4.08. The van der Waals surface area contributed by atoms with Crippen molar-refractivity contribution in [3.63, 3.8) is 0 Å². The van der Waals surface area contributed by atoms with Gasteiger partial charge >= 0.3 is 12.2 Å². The van der Waals surface area contributed by atoms with E-state index >= 15 is 0 Å². The number of methoxy groups -OCH3 is 2. The van der Waals surface area contributed by atoms with Gasteiger partial charge in [0.1, 0.15) is 29.3 Å². The minimum absolute atomic E-state index is 0.102. The first-order valence-electron chi connectivity index (χ1n) is 20.3. The number of alkyl carbamates (subject to hydrolysis) is 2. The van der Waals surface area contributed by atoms with E-state index in [1.807, 2.05) is 49.8 Å². The van der Waals surface area contributed by atoms with Gasteiger partial charge in [-0.25, -0.2) is 19.6 Å². The summed E-state index contributed by atoms with van der Waals surface area (Å²) in [7, 11) is 2.60. The van der Waals surface area contributed by atoms with Crippen LogP contribution < -0.4 is 10.6 Å². The summed E-state index contributed by atoms with van der Waals surface area (Å²) in [5, 5.41) is 7.64. The van der Waals surface area contributed by atoms with Gasteiger partial charge in [0.2, 0.25) is 11.8 Å². The first kappa shape index (κ1) is 38.9. The number of nitrogens with one attached hydrogen (secondary N) is 4. The highest BCUT2D eigenvalue weighted by Crippen LogP contribution is 2.52. The van der Waals surface area contributed by atoms with Crippen molar-refractivity contribution in [3.05, 3.63) is 72.4 Å². The van der Waals surface area contributed by atoms with Crippen molar-refractivity contribution in [1.29, 1.82) is 0 Å². The minimum Gasteiger partial charge on any atom is -0.453 e. The normalized spacial score (nSPS) is 21.2. The van der Waals surface area contributed by atoms with Crippen LogP contribution in [0.15, 0.2) is 60.8 Å². The maximum atomic E-state index is 14.0. The molecule has 5 unspecified atom stereocenters. The summed E-state index contributed by atoms with van der Waals surface area (Å²) in [6, 6.07) is 17.4. The van der Waals surface area contributed by atoms with E-state index in [9.17, 15) is 19.2 Å². The number of hydrogen-bond acceptors (Lipinski definition) is 8. The molecule has 1 saturated carbocycles. The van der Waals surface area contributed by atoms with Gasteiger partial charge in [0.15, 0.2) is 0 Å². The zero-order valence-corrected chi connectivity index (χ0v) is 33.9. The zero-order chi connectivity index (χ0) is 40.9. The Morgan fingerprint density at radius 2 is 1.45 bits per heavy atom. The number of imidazole rings is 2. The largest absolute Gasteiger partial charge is 0.453 e. The topological polar surface area (TPSA) is 175 Å². The molecule has 3 aliphatic rings. The van der Waals surface area contributed by atoms with Crippen molar-refractivity contribution in [2.75, 3.05) is 27.3 Å².